The van der Waals surface area contributed by atoms with Crippen molar-refractivity contribution in [3.63, 3.8) is 0 Å². The van der Waals surface area contributed by atoms with Gasteiger partial charge in [0.15, 0.2) is 11.5 Å². The molecule has 10 heteroatoms. The Morgan fingerprint density at radius 3 is 2.75 bits per heavy atom. The SMILES string of the molecule is COc1cc(-c2noc(C3(n4cccn4)CCNCC3)n2)ccc1OC(F)F. The number of halogens is 2. The van der Waals surface area contributed by atoms with Crippen molar-refractivity contribution in [3.05, 3.63) is 42.5 Å². The van der Waals surface area contributed by atoms with E-state index in [4.69, 9.17) is 9.26 Å². The van der Waals surface area contributed by atoms with E-state index in [1.165, 1.54) is 19.2 Å². The molecule has 1 saturated heterocycles. The molecule has 1 fully saturated rings. The van der Waals surface area contributed by atoms with E-state index in [1.807, 2.05) is 16.9 Å². The van der Waals surface area contributed by atoms with Crippen LogP contribution in [0.4, 0.5) is 8.78 Å². The lowest BCUT2D eigenvalue weighted by Crippen LogP contribution is -2.45. The Bertz CT molecular complexity index is 923. The summed E-state index contributed by atoms with van der Waals surface area (Å²) < 4.78 is 42.1. The van der Waals surface area contributed by atoms with Crippen LogP contribution >= 0.6 is 0 Å². The molecule has 0 amide bonds. The van der Waals surface area contributed by atoms with E-state index in [1.54, 1.807) is 12.3 Å². The number of methoxy groups -OCH3 is 1. The van der Waals surface area contributed by atoms with Crippen molar-refractivity contribution in [1.29, 1.82) is 0 Å². The minimum atomic E-state index is -2.94. The van der Waals surface area contributed by atoms with Gasteiger partial charge < -0.3 is 19.3 Å². The summed E-state index contributed by atoms with van der Waals surface area (Å²) in [5.41, 5.74) is 0.0426. The molecular weight excluding hydrogens is 372 g/mol. The molecule has 2 aromatic heterocycles. The number of aromatic nitrogens is 4. The van der Waals surface area contributed by atoms with Crippen LogP contribution in [0.1, 0.15) is 18.7 Å². The van der Waals surface area contributed by atoms with E-state index in [-0.39, 0.29) is 11.5 Å². The Balaban J connectivity index is 1.69. The lowest BCUT2D eigenvalue weighted by Gasteiger charge is -2.34. The highest BCUT2D eigenvalue weighted by atomic mass is 19.3. The van der Waals surface area contributed by atoms with Crippen LogP contribution < -0.4 is 14.8 Å². The highest BCUT2D eigenvalue weighted by Crippen LogP contribution is 2.36. The van der Waals surface area contributed by atoms with Crippen molar-refractivity contribution in [2.45, 2.75) is 25.0 Å². The molecule has 8 nitrogen and oxygen atoms in total. The van der Waals surface area contributed by atoms with E-state index in [9.17, 15) is 8.78 Å². The number of hydrogen-bond acceptors (Lipinski definition) is 7. The van der Waals surface area contributed by atoms with Crippen molar-refractivity contribution in [2.75, 3.05) is 20.2 Å². The molecule has 1 aliphatic heterocycles. The van der Waals surface area contributed by atoms with Crippen LogP contribution in [-0.2, 0) is 5.54 Å². The standard InChI is InChI=1S/C18H19F2N5O3/c1-26-14-11-12(3-4-13(14)27-17(19)20)15-23-16(28-24-15)18(5-8-21-9-6-18)25-10-2-7-22-25/h2-4,7,10-11,17,21H,5-6,8-9H2,1H3. The molecule has 0 atom stereocenters. The lowest BCUT2D eigenvalue weighted by atomic mass is 9.88. The summed E-state index contributed by atoms with van der Waals surface area (Å²) in [7, 11) is 1.38. The van der Waals surface area contributed by atoms with Crippen LogP contribution in [-0.4, -0.2) is 46.7 Å². The van der Waals surface area contributed by atoms with Gasteiger partial charge in [0, 0.05) is 18.0 Å². The predicted octanol–water partition coefficient (Wildman–Crippen LogP) is 2.67. The number of nitrogens with zero attached hydrogens (tertiary/aromatic N) is 4. The predicted molar refractivity (Wildman–Crippen MR) is 94.3 cm³/mol. The first-order chi connectivity index (χ1) is 13.6. The normalized spacial score (nSPS) is 16.3. The van der Waals surface area contributed by atoms with Crippen molar-refractivity contribution >= 4 is 0 Å². The number of benzene rings is 1. The third kappa shape index (κ3) is 3.31. The van der Waals surface area contributed by atoms with Gasteiger partial charge in [0.05, 0.1) is 7.11 Å². The molecule has 0 spiro atoms. The smallest absolute Gasteiger partial charge is 0.387 e. The fourth-order valence-corrected chi connectivity index (χ4v) is 3.43. The molecule has 1 N–H and O–H groups in total. The van der Waals surface area contributed by atoms with Gasteiger partial charge in [-0.25, -0.2) is 0 Å². The van der Waals surface area contributed by atoms with E-state index >= 15 is 0 Å². The molecule has 0 aliphatic carbocycles. The van der Waals surface area contributed by atoms with E-state index in [2.05, 4.69) is 25.3 Å². The van der Waals surface area contributed by atoms with Crippen molar-refractivity contribution in [1.82, 2.24) is 25.2 Å². The summed E-state index contributed by atoms with van der Waals surface area (Å²) in [6.45, 7) is -1.35. The molecule has 0 unspecified atom stereocenters. The third-order valence-electron chi connectivity index (χ3n) is 4.84. The third-order valence-corrected chi connectivity index (χ3v) is 4.84. The Morgan fingerprint density at radius 2 is 2.07 bits per heavy atom. The number of alkyl halides is 2. The quantitative estimate of drug-likeness (QED) is 0.691. The Labute approximate surface area is 159 Å². The van der Waals surface area contributed by atoms with Crippen molar-refractivity contribution in [2.24, 2.45) is 0 Å². The fourth-order valence-electron chi connectivity index (χ4n) is 3.43. The summed E-state index contributed by atoms with van der Waals surface area (Å²) >= 11 is 0. The molecule has 0 radical (unpaired) electrons. The second-order valence-corrected chi connectivity index (χ2v) is 6.40. The maximum atomic E-state index is 12.5. The van der Waals surface area contributed by atoms with Gasteiger partial charge in [-0.3, -0.25) is 4.68 Å². The molecule has 0 saturated carbocycles. The van der Waals surface area contributed by atoms with Gasteiger partial charge >= 0.3 is 6.61 Å². The minimum Gasteiger partial charge on any atom is -0.493 e. The molecule has 0 bridgehead atoms. The summed E-state index contributed by atoms with van der Waals surface area (Å²) in [6.07, 6.45) is 5.10. The van der Waals surface area contributed by atoms with Crippen LogP contribution in [0.15, 0.2) is 41.2 Å². The van der Waals surface area contributed by atoms with Crippen LogP contribution in [0, 0.1) is 0 Å². The first-order valence-corrected chi connectivity index (χ1v) is 8.81. The molecule has 148 valence electrons. The monoisotopic (exact) mass is 391 g/mol. The van der Waals surface area contributed by atoms with Gasteiger partial charge in [-0.1, -0.05) is 5.16 Å². The zero-order valence-corrected chi connectivity index (χ0v) is 15.1. The number of piperidine rings is 1. The summed E-state index contributed by atoms with van der Waals surface area (Å²) in [4.78, 5) is 4.59. The van der Waals surface area contributed by atoms with Gasteiger partial charge in [0.1, 0.15) is 5.54 Å². The fraction of sp³-hybridized carbons (Fsp3) is 0.389. The Hall–Kier alpha value is -3.01. The molecule has 3 aromatic rings. The average Bonchev–Trinajstić information content (AvgIpc) is 3.41. The number of nitrogens with one attached hydrogen (secondary N) is 1. The van der Waals surface area contributed by atoms with Crippen LogP contribution in [0.25, 0.3) is 11.4 Å². The molecule has 1 aromatic carbocycles. The Morgan fingerprint density at radius 1 is 1.25 bits per heavy atom. The van der Waals surface area contributed by atoms with Gasteiger partial charge in [-0.05, 0) is 50.2 Å². The van der Waals surface area contributed by atoms with Gasteiger partial charge in [-0.15, -0.1) is 0 Å². The van der Waals surface area contributed by atoms with E-state index in [0.29, 0.717) is 17.3 Å². The second kappa shape index (κ2) is 7.55. The maximum absolute atomic E-state index is 12.5. The zero-order valence-electron chi connectivity index (χ0n) is 15.1. The first-order valence-electron chi connectivity index (χ1n) is 8.81. The average molecular weight is 391 g/mol. The number of ether oxygens (including phenoxy) is 2. The highest BCUT2D eigenvalue weighted by molar-refractivity contribution is 5.60. The first kappa shape index (κ1) is 18.4. The van der Waals surface area contributed by atoms with Crippen LogP contribution in [0.2, 0.25) is 0 Å². The lowest BCUT2D eigenvalue weighted by molar-refractivity contribution is -0.0512. The van der Waals surface area contributed by atoms with E-state index in [0.717, 1.165) is 25.9 Å². The number of hydrogen-bond donors (Lipinski definition) is 1. The maximum Gasteiger partial charge on any atom is 0.387 e. The van der Waals surface area contributed by atoms with Gasteiger partial charge in [0.25, 0.3) is 5.89 Å². The minimum absolute atomic E-state index is 0.0589. The molecule has 28 heavy (non-hydrogen) atoms. The molecular formula is C18H19F2N5O3. The van der Waals surface area contributed by atoms with Gasteiger partial charge in [0.2, 0.25) is 5.82 Å². The second-order valence-electron chi connectivity index (χ2n) is 6.40. The molecule has 3 heterocycles. The highest BCUT2D eigenvalue weighted by Gasteiger charge is 2.41. The Kier molecular flexibility index (Phi) is 4.95. The molecule has 4 rings (SSSR count). The topological polar surface area (TPSA) is 87.2 Å². The van der Waals surface area contributed by atoms with Gasteiger partial charge in [-0.2, -0.15) is 18.9 Å². The largest absolute Gasteiger partial charge is 0.493 e. The van der Waals surface area contributed by atoms with Crippen molar-refractivity contribution in [3.8, 4) is 22.9 Å². The van der Waals surface area contributed by atoms with Crippen molar-refractivity contribution < 1.29 is 22.8 Å². The summed E-state index contributed by atoms with van der Waals surface area (Å²) in [5, 5.41) is 11.8. The van der Waals surface area contributed by atoms with E-state index < -0.39 is 12.2 Å². The number of rotatable bonds is 6. The molecule has 1 aliphatic rings. The summed E-state index contributed by atoms with van der Waals surface area (Å²) in [5.74, 6) is 0.894. The zero-order chi connectivity index (χ0) is 19.6. The van der Waals surface area contributed by atoms with Crippen LogP contribution in [0.5, 0.6) is 11.5 Å². The van der Waals surface area contributed by atoms with Crippen LogP contribution in [0.3, 0.4) is 0 Å². The summed E-state index contributed by atoms with van der Waals surface area (Å²) in [6, 6.07) is 6.37.